The van der Waals surface area contributed by atoms with E-state index >= 15 is 4.39 Å². The molecule has 1 aliphatic rings. The monoisotopic (exact) mass is 675 g/mol. The molecule has 1 atom stereocenters. The number of carboxylic acid groups (broad SMARTS) is 1. The van der Waals surface area contributed by atoms with Crippen molar-refractivity contribution < 1.29 is 33.4 Å². The summed E-state index contributed by atoms with van der Waals surface area (Å²) in [7, 11) is -1.22. The van der Waals surface area contributed by atoms with E-state index in [0.29, 0.717) is 49.0 Å². The first-order valence-electron chi connectivity index (χ1n) is 16.0. The van der Waals surface area contributed by atoms with E-state index in [1.807, 2.05) is 23.8 Å². The number of hydrogen-bond donors (Lipinski definition) is 2. The van der Waals surface area contributed by atoms with Gasteiger partial charge < -0.3 is 34.3 Å². The SMILES string of the molecule is Cc1cn(COCC[Si](C)(C)C)c2nccc(Oc3ccc(C[C@H](NC(=O)O)C(=O)N4CCN(C(=O)c5ccccc5)CC4)cc3F)c12. The van der Waals surface area contributed by atoms with Crippen molar-refractivity contribution in [3.63, 3.8) is 0 Å². The molecular weight excluding hydrogens is 633 g/mol. The van der Waals surface area contributed by atoms with E-state index in [1.165, 1.54) is 17.0 Å². The van der Waals surface area contributed by atoms with Crippen molar-refractivity contribution in [3.8, 4) is 11.5 Å². The number of piperazine rings is 1. The van der Waals surface area contributed by atoms with Gasteiger partial charge in [-0.1, -0.05) is 43.9 Å². The molecule has 13 heteroatoms. The number of benzene rings is 2. The van der Waals surface area contributed by atoms with Crippen LogP contribution in [0.2, 0.25) is 25.7 Å². The lowest BCUT2D eigenvalue weighted by atomic mass is 10.0. The van der Waals surface area contributed by atoms with Crippen LogP contribution in [0.4, 0.5) is 9.18 Å². The number of aryl methyl sites for hydroxylation is 1. The average molecular weight is 676 g/mol. The molecule has 2 aromatic carbocycles. The minimum absolute atomic E-state index is 0.0157. The number of hydrogen-bond acceptors (Lipinski definition) is 6. The topological polar surface area (TPSA) is 126 Å². The maximum Gasteiger partial charge on any atom is 0.405 e. The third kappa shape index (κ3) is 8.58. The maximum atomic E-state index is 15.4. The predicted octanol–water partition coefficient (Wildman–Crippen LogP) is 5.75. The normalized spacial score (nSPS) is 14.2. The molecule has 254 valence electrons. The van der Waals surface area contributed by atoms with Crippen LogP contribution in [0, 0.1) is 12.7 Å². The molecular formula is C35H42FN5O6Si. The summed E-state index contributed by atoms with van der Waals surface area (Å²) in [5, 5.41) is 12.5. The van der Waals surface area contributed by atoms with Crippen LogP contribution in [0.15, 0.2) is 67.0 Å². The zero-order chi connectivity index (χ0) is 34.4. The molecule has 0 aliphatic carbocycles. The molecule has 1 saturated heterocycles. The number of halogens is 1. The Morgan fingerprint density at radius 3 is 2.38 bits per heavy atom. The summed E-state index contributed by atoms with van der Waals surface area (Å²) in [6.45, 7) is 11.0. The molecule has 0 spiro atoms. The highest BCUT2D eigenvalue weighted by molar-refractivity contribution is 6.76. The summed E-state index contributed by atoms with van der Waals surface area (Å²) in [6.07, 6.45) is 2.11. The fourth-order valence-corrected chi connectivity index (χ4v) is 6.43. The van der Waals surface area contributed by atoms with E-state index < -0.39 is 31.9 Å². The Morgan fingerprint density at radius 1 is 1.00 bits per heavy atom. The first-order chi connectivity index (χ1) is 22.9. The molecule has 0 unspecified atom stereocenters. The third-order valence-corrected chi connectivity index (χ3v) is 9.99. The Bertz CT molecular complexity index is 1770. The van der Waals surface area contributed by atoms with Crippen LogP contribution >= 0.6 is 0 Å². The van der Waals surface area contributed by atoms with Gasteiger partial charge in [0.25, 0.3) is 5.91 Å². The summed E-state index contributed by atoms with van der Waals surface area (Å²) in [6, 6.07) is 14.8. The zero-order valence-corrected chi connectivity index (χ0v) is 28.7. The first kappa shape index (κ1) is 34.6. The molecule has 11 nitrogen and oxygen atoms in total. The largest absolute Gasteiger partial charge is 0.465 e. The highest BCUT2D eigenvalue weighted by Gasteiger charge is 2.31. The molecule has 2 aromatic heterocycles. The molecule has 4 aromatic rings. The number of aromatic nitrogens is 2. The molecule has 1 aliphatic heterocycles. The van der Waals surface area contributed by atoms with Gasteiger partial charge in [0, 0.05) is 65.2 Å². The second kappa shape index (κ2) is 15.0. The van der Waals surface area contributed by atoms with Crippen molar-refractivity contribution in [1.82, 2.24) is 24.7 Å². The number of carbonyl (C=O) groups excluding carboxylic acids is 2. The minimum atomic E-state index is -1.36. The van der Waals surface area contributed by atoms with Crippen LogP contribution in [0.3, 0.4) is 0 Å². The standard InChI is InChI=1S/C35H42FN5O6Si/c1-24-22-41(23-46-18-19-48(2,3)4)32-31(24)30(12-13-37-32)47-29-11-10-25(20-27(29)36)21-28(38-35(44)45)34(43)40-16-14-39(15-17-40)33(42)26-8-6-5-7-9-26/h5-13,20,22,28,38H,14-19,21,23H2,1-4H3,(H,44,45)/t28-/m0/s1. The number of pyridine rings is 1. The second-order valence-corrected chi connectivity index (χ2v) is 18.8. The van der Waals surface area contributed by atoms with Gasteiger partial charge in [-0.25, -0.2) is 14.2 Å². The van der Waals surface area contributed by atoms with Gasteiger partial charge in [-0.3, -0.25) is 9.59 Å². The maximum absolute atomic E-state index is 15.4. The molecule has 2 N–H and O–H groups in total. The second-order valence-electron chi connectivity index (χ2n) is 13.2. The van der Waals surface area contributed by atoms with Crippen molar-refractivity contribution >= 4 is 37.0 Å². The molecule has 48 heavy (non-hydrogen) atoms. The molecule has 0 saturated carbocycles. The summed E-state index contributed by atoms with van der Waals surface area (Å²) >= 11 is 0. The van der Waals surface area contributed by atoms with Crippen LogP contribution in [0.1, 0.15) is 21.5 Å². The number of rotatable bonds is 12. The van der Waals surface area contributed by atoms with E-state index in [1.54, 1.807) is 47.5 Å². The first-order valence-corrected chi connectivity index (χ1v) is 19.7. The van der Waals surface area contributed by atoms with Crippen LogP contribution in [0.25, 0.3) is 11.0 Å². The molecule has 0 radical (unpaired) electrons. The van der Waals surface area contributed by atoms with Crippen molar-refractivity contribution in [2.45, 2.75) is 51.8 Å². The smallest absolute Gasteiger partial charge is 0.405 e. The summed E-state index contributed by atoms with van der Waals surface area (Å²) in [5.74, 6) is -0.788. The zero-order valence-electron chi connectivity index (χ0n) is 27.7. The number of fused-ring (bicyclic) bond motifs is 1. The lowest BCUT2D eigenvalue weighted by Crippen LogP contribution is -2.56. The van der Waals surface area contributed by atoms with Crippen LogP contribution in [0.5, 0.6) is 11.5 Å². The van der Waals surface area contributed by atoms with Gasteiger partial charge in [0.1, 0.15) is 24.2 Å². The minimum Gasteiger partial charge on any atom is -0.465 e. The lowest BCUT2D eigenvalue weighted by Gasteiger charge is -2.36. The fourth-order valence-electron chi connectivity index (χ4n) is 5.68. The van der Waals surface area contributed by atoms with E-state index in [-0.39, 0.29) is 31.2 Å². The lowest BCUT2D eigenvalue weighted by molar-refractivity contribution is -0.134. The van der Waals surface area contributed by atoms with Crippen molar-refractivity contribution in [3.05, 3.63) is 89.5 Å². The van der Waals surface area contributed by atoms with Gasteiger partial charge in [0.15, 0.2) is 11.6 Å². The molecule has 3 amide bonds. The Kier molecular flexibility index (Phi) is 10.8. The summed E-state index contributed by atoms with van der Waals surface area (Å²) < 4.78 is 29.3. The highest BCUT2D eigenvalue weighted by Crippen LogP contribution is 2.34. The predicted molar refractivity (Wildman–Crippen MR) is 183 cm³/mol. The van der Waals surface area contributed by atoms with Crippen molar-refractivity contribution in [2.24, 2.45) is 0 Å². The molecule has 1 fully saturated rings. The highest BCUT2D eigenvalue weighted by atomic mass is 28.3. The Labute approximate surface area is 280 Å². The van der Waals surface area contributed by atoms with Gasteiger partial charge in [-0.2, -0.15) is 0 Å². The van der Waals surface area contributed by atoms with Crippen molar-refractivity contribution in [2.75, 3.05) is 32.8 Å². The van der Waals surface area contributed by atoms with E-state index in [2.05, 4.69) is 29.9 Å². The number of carbonyl (C=O) groups is 3. The van der Waals surface area contributed by atoms with Gasteiger partial charge >= 0.3 is 6.09 Å². The Balaban J connectivity index is 1.24. The quantitative estimate of drug-likeness (QED) is 0.145. The summed E-state index contributed by atoms with van der Waals surface area (Å²) in [5.41, 5.74) is 2.56. The number of nitrogens with one attached hydrogen (secondary N) is 1. The number of amides is 3. The van der Waals surface area contributed by atoms with Gasteiger partial charge in [0.2, 0.25) is 5.91 Å². The Hall–Kier alpha value is -4.75. The molecule has 3 heterocycles. The number of ether oxygens (including phenoxy) is 2. The fraction of sp³-hybridized carbons (Fsp3) is 0.371. The van der Waals surface area contributed by atoms with E-state index in [9.17, 15) is 19.5 Å². The van der Waals surface area contributed by atoms with Gasteiger partial charge in [-0.05, 0) is 54.4 Å². The molecule has 0 bridgehead atoms. The van der Waals surface area contributed by atoms with Gasteiger partial charge in [0.05, 0.1) is 5.39 Å². The van der Waals surface area contributed by atoms with Gasteiger partial charge in [-0.15, -0.1) is 0 Å². The third-order valence-electron chi connectivity index (χ3n) is 8.29. The summed E-state index contributed by atoms with van der Waals surface area (Å²) in [4.78, 5) is 45.6. The average Bonchev–Trinajstić information content (AvgIpc) is 3.39. The van der Waals surface area contributed by atoms with Crippen LogP contribution < -0.4 is 10.1 Å². The van der Waals surface area contributed by atoms with E-state index in [4.69, 9.17) is 9.47 Å². The Morgan fingerprint density at radius 2 is 1.71 bits per heavy atom. The van der Waals surface area contributed by atoms with Crippen molar-refractivity contribution in [1.29, 1.82) is 0 Å². The van der Waals surface area contributed by atoms with Crippen LogP contribution in [-0.2, 0) is 22.7 Å². The van der Waals surface area contributed by atoms with E-state index in [0.717, 1.165) is 17.0 Å². The number of nitrogens with zero attached hydrogens (tertiary/aromatic N) is 4. The molecule has 5 rings (SSSR count). The van der Waals surface area contributed by atoms with Crippen LogP contribution in [-0.4, -0.2) is 89.3 Å².